The van der Waals surface area contributed by atoms with E-state index in [1.165, 1.54) is 11.1 Å². The highest BCUT2D eigenvalue weighted by Crippen LogP contribution is 2.29. The first-order valence-corrected chi connectivity index (χ1v) is 2.85. The minimum atomic E-state index is -2.17. The van der Waals surface area contributed by atoms with Crippen LogP contribution in [-0.4, -0.2) is 22.4 Å². The zero-order valence-electron chi connectivity index (χ0n) is 5.23. The van der Waals surface area contributed by atoms with E-state index in [-0.39, 0.29) is 0 Å². The third kappa shape index (κ3) is 1.57. The quantitative estimate of drug-likeness (QED) is 0.434. The Bertz CT molecular complexity index is 183. The second-order valence-corrected chi connectivity index (χ2v) is 1.92. The van der Waals surface area contributed by atoms with Gasteiger partial charge >= 0.3 is 7.32 Å². The molecule has 3 N–H and O–H groups in total. The summed E-state index contributed by atoms with van der Waals surface area (Å²) in [6.07, 6.45) is 0. The van der Waals surface area contributed by atoms with Gasteiger partial charge in [-0.25, -0.2) is 0 Å². The van der Waals surface area contributed by atoms with Gasteiger partial charge in [-0.2, -0.15) is 0 Å². The lowest BCUT2D eigenvalue weighted by molar-refractivity contribution is 0.278. The number of rotatable bonds is 0. The molecule has 10 heavy (non-hydrogen) atoms. The van der Waals surface area contributed by atoms with Crippen molar-refractivity contribution in [1.29, 1.82) is 0 Å². The third-order valence-corrected chi connectivity index (χ3v) is 1.22. The second kappa shape index (κ2) is 2.83. The molecule has 0 spiro atoms. The van der Waals surface area contributed by atoms with E-state index in [4.69, 9.17) is 15.1 Å². The highest BCUT2D eigenvalue weighted by atomic mass is 16.5. The molecule has 0 aliphatic heterocycles. The maximum Gasteiger partial charge on any atom is 0.631 e. The van der Waals surface area contributed by atoms with Crippen LogP contribution >= 0.6 is 0 Å². The van der Waals surface area contributed by atoms with E-state index in [1.54, 1.807) is 0 Å². The van der Waals surface area contributed by atoms with Crippen molar-refractivity contribution in [1.82, 2.24) is 0 Å². The van der Waals surface area contributed by atoms with Crippen LogP contribution < -0.4 is 0 Å². The molecule has 3 nitrogen and oxygen atoms in total. The minimum absolute atomic E-state index is 1.43. The van der Waals surface area contributed by atoms with E-state index in [9.17, 15) is 0 Å². The third-order valence-electron chi connectivity index (χ3n) is 1.22. The Morgan fingerprint density at radius 2 is 1.00 bits per heavy atom. The standard InChI is InChI=1S/C6H4.BH3O3/c1-2-6-4-3-5(1)6;2-1(3)4/h1-4H;2-4H. The fourth-order valence-electron chi connectivity index (χ4n) is 0.663. The highest BCUT2D eigenvalue weighted by molar-refractivity contribution is 6.30. The van der Waals surface area contributed by atoms with Gasteiger partial charge in [0.2, 0.25) is 0 Å². The molecule has 52 valence electrons. The Balaban J connectivity index is 0.000000112. The summed E-state index contributed by atoms with van der Waals surface area (Å²) in [7, 11) is -2.17. The van der Waals surface area contributed by atoms with Crippen molar-refractivity contribution in [2.75, 3.05) is 0 Å². The van der Waals surface area contributed by atoms with Crippen LogP contribution in [0.15, 0.2) is 24.3 Å². The van der Waals surface area contributed by atoms with Gasteiger partial charge in [-0.15, -0.1) is 0 Å². The minimum Gasteiger partial charge on any atom is -0.402 e. The Hall–Kier alpha value is -0.835. The average molecular weight is 138 g/mol. The lowest BCUT2D eigenvalue weighted by Crippen LogP contribution is -2.07. The zero-order chi connectivity index (χ0) is 7.56. The van der Waals surface area contributed by atoms with E-state index < -0.39 is 7.32 Å². The molecule has 0 unspecified atom stereocenters. The highest BCUT2D eigenvalue weighted by Gasteiger charge is 2.03. The monoisotopic (exact) mass is 138 g/mol. The molecule has 0 aromatic carbocycles. The van der Waals surface area contributed by atoms with E-state index in [0.717, 1.165) is 0 Å². The Morgan fingerprint density at radius 3 is 1.00 bits per heavy atom. The predicted octanol–water partition coefficient (Wildman–Crippen LogP) is -0.385. The van der Waals surface area contributed by atoms with Crippen molar-refractivity contribution < 1.29 is 15.1 Å². The van der Waals surface area contributed by atoms with Crippen LogP contribution in [0.3, 0.4) is 0 Å². The summed E-state index contributed by atoms with van der Waals surface area (Å²) in [5, 5.41) is 21.5. The SMILES string of the molecule is OB(O)O.c1cc2ccc1-2. The fourth-order valence-corrected chi connectivity index (χ4v) is 0.663. The molecule has 0 aromatic heterocycles. The van der Waals surface area contributed by atoms with Crippen molar-refractivity contribution in [3.63, 3.8) is 0 Å². The van der Waals surface area contributed by atoms with Crippen molar-refractivity contribution >= 4 is 7.32 Å². The molecule has 2 aliphatic rings. The van der Waals surface area contributed by atoms with Crippen LogP contribution in [0.1, 0.15) is 0 Å². The maximum absolute atomic E-state index is 7.17. The molecular formula is C6H7BO3. The summed E-state index contributed by atoms with van der Waals surface area (Å²) in [5.74, 6) is 0. The topological polar surface area (TPSA) is 60.7 Å². The van der Waals surface area contributed by atoms with Gasteiger partial charge in [0.05, 0.1) is 0 Å². The lowest BCUT2D eigenvalue weighted by Gasteiger charge is -2.10. The summed E-state index contributed by atoms with van der Waals surface area (Å²) >= 11 is 0. The van der Waals surface area contributed by atoms with E-state index in [2.05, 4.69) is 24.3 Å². The first-order valence-electron chi connectivity index (χ1n) is 2.85. The van der Waals surface area contributed by atoms with Gasteiger partial charge in [0.25, 0.3) is 0 Å². The molecule has 0 bridgehead atoms. The molecule has 0 fully saturated rings. The van der Waals surface area contributed by atoms with Gasteiger partial charge in [0.1, 0.15) is 0 Å². The molecule has 2 aliphatic carbocycles. The van der Waals surface area contributed by atoms with Gasteiger partial charge in [-0.1, -0.05) is 24.3 Å². The number of hydrogen-bond acceptors (Lipinski definition) is 3. The summed E-state index contributed by atoms with van der Waals surface area (Å²) in [4.78, 5) is 0. The largest absolute Gasteiger partial charge is 0.631 e. The second-order valence-electron chi connectivity index (χ2n) is 1.92. The normalized spacial score (nSPS) is 9.50. The van der Waals surface area contributed by atoms with Crippen LogP contribution in [0.5, 0.6) is 0 Å². The predicted molar refractivity (Wildman–Crippen MR) is 37.8 cm³/mol. The first kappa shape index (κ1) is 7.27. The molecule has 2 rings (SSSR count). The molecule has 0 amide bonds. The van der Waals surface area contributed by atoms with Crippen LogP contribution in [-0.2, 0) is 0 Å². The molecule has 0 saturated carbocycles. The molecule has 0 aromatic rings. The van der Waals surface area contributed by atoms with Crippen molar-refractivity contribution in [3.05, 3.63) is 24.3 Å². The Kier molecular flexibility index (Phi) is 2.06. The van der Waals surface area contributed by atoms with Gasteiger partial charge in [0.15, 0.2) is 0 Å². The van der Waals surface area contributed by atoms with Crippen LogP contribution in [0.2, 0.25) is 0 Å². The first-order chi connectivity index (χ1) is 4.70. The van der Waals surface area contributed by atoms with Crippen molar-refractivity contribution in [2.24, 2.45) is 0 Å². The molecule has 0 atom stereocenters. The van der Waals surface area contributed by atoms with Gasteiger partial charge < -0.3 is 15.1 Å². The molecule has 4 heteroatoms. The van der Waals surface area contributed by atoms with Crippen molar-refractivity contribution in [2.45, 2.75) is 0 Å². The maximum atomic E-state index is 7.17. The van der Waals surface area contributed by atoms with E-state index in [0.29, 0.717) is 0 Å². The van der Waals surface area contributed by atoms with Crippen LogP contribution in [0.25, 0.3) is 11.1 Å². The van der Waals surface area contributed by atoms with Crippen LogP contribution in [0, 0.1) is 0 Å². The van der Waals surface area contributed by atoms with E-state index in [1.807, 2.05) is 0 Å². The fraction of sp³-hybridized carbons (Fsp3) is 0. The van der Waals surface area contributed by atoms with Crippen molar-refractivity contribution in [3.8, 4) is 11.1 Å². The van der Waals surface area contributed by atoms with E-state index >= 15 is 0 Å². The van der Waals surface area contributed by atoms with Gasteiger partial charge in [-0.3, -0.25) is 0 Å². The number of hydrogen-bond donors (Lipinski definition) is 3. The molecule has 0 saturated heterocycles. The Labute approximate surface area is 58.7 Å². The summed E-state index contributed by atoms with van der Waals surface area (Å²) in [6.45, 7) is 0. The average Bonchev–Trinajstić information content (AvgIpc) is 1.77. The van der Waals surface area contributed by atoms with Crippen LogP contribution in [0.4, 0.5) is 0 Å². The zero-order valence-corrected chi connectivity index (χ0v) is 5.23. The number of fused-ring (bicyclic) bond motifs is 1. The molecule has 0 radical (unpaired) electrons. The summed E-state index contributed by atoms with van der Waals surface area (Å²) in [6, 6.07) is 8.48. The molecular weight excluding hydrogens is 131 g/mol. The Morgan fingerprint density at radius 1 is 0.800 bits per heavy atom. The smallest absolute Gasteiger partial charge is 0.402 e. The summed E-state index contributed by atoms with van der Waals surface area (Å²) in [5.41, 5.74) is 2.85. The van der Waals surface area contributed by atoms with Gasteiger partial charge in [-0.05, 0) is 11.1 Å². The van der Waals surface area contributed by atoms with Gasteiger partial charge in [0, 0.05) is 0 Å². The summed E-state index contributed by atoms with van der Waals surface area (Å²) < 4.78 is 0. The molecule has 0 heterocycles. The number of benzene rings is 1. The lowest BCUT2D eigenvalue weighted by atomic mass is 9.95.